The molecule has 0 radical (unpaired) electrons. The molecule has 0 spiro atoms. The summed E-state index contributed by atoms with van der Waals surface area (Å²) in [6, 6.07) is 7.05. The van der Waals surface area contributed by atoms with Crippen LogP contribution in [0.4, 0.5) is 5.82 Å². The van der Waals surface area contributed by atoms with Gasteiger partial charge in [-0.25, -0.2) is 18.4 Å². The molecule has 200 valence electrons. The van der Waals surface area contributed by atoms with Crippen LogP contribution >= 0.6 is 0 Å². The van der Waals surface area contributed by atoms with Gasteiger partial charge in [0.05, 0.1) is 6.26 Å². The zero-order chi connectivity index (χ0) is 26.6. The highest BCUT2D eigenvalue weighted by Gasteiger charge is 2.33. The number of carbonyl (C=O) groups is 1. The Balaban J connectivity index is 2.30. The summed E-state index contributed by atoms with van der Waals surface area (Å²) in [5.74, 6) is -0.859. The van der Waals surface area contributed by atoms with Gasteiger partial charge in [0, 0.05) is 24.5 Å². The standard InChI is InChI=1S/C23H35N5O6S2/c1-4-5-12-19-13-8-9-14-20(19)22(29)27-21-23(26-17-16-25-21)36(32,33)28(34-35(3,30)31)18-11-7-6-10-15-24-2/h8-9,13-14,16-17,24H,4-7,10-12,15,18H2,1-3H3,(H,25,27,29). The predicted molar refractivity (Wildman–Crippen MR) is 137 cm³/mol. The number of hydrogen-bond donors (Lipinski definition) is 2. The van der Waals surface area contributed by atoms with Gasteiger partial charge in [0.15, 0.2) is 5.82 Å². The number of amides is 1. The first-order chi connectivity index (χ1) is 17.1. The Bertz CT molecular complexity index is 1200. The fraction of sp³-hybridized carbons (Fsp3) is 0.522. The Morgan fingerprint density at radius 3 is 2.39 bits per heavy atom. The molecule has 1 aromatic heterocycles. The molecule has 0 bridgehead atoms. The van der Waals surface area contributed by atoms with Gasteiger partial charge in [0.25, 0.3) is 26.0 Å². The molecule has 36 heavy (non-hydrogen) atoms. The van der Waals surface area contributed by atoms with E-state index in [-0.39, 0.29) is 12.4 Å². The van der Waals surface area contributed by atoms with Crippen molar-refractivity contribution in [1.29, 1.82) is 0 Å². The molecule has 1 aromatic carbocycles. The van der Waals surface area contributed by atoms with Crippen LogP contribution in [0.3, 0.4) is 0 Å². The summed E-state index contributed by atoms with van der Waals surface area (Å²) in [5.41, 5.74) is 1.22. The minimum atomic E-state index is -4.58. The number of carbonyl (C=O) groups excluding carboxylic acids is 1. The highest BCUT2D eigenvalue weighted by atomic mass is 32.2. The van der Waals surface area contributed by atoms with E-state index in [0.29, 0.717) is 29.3 Å². The molecule has 0 saturated carbocycles. The van der Waals surface area contributed by atoms with Crippen LogP contribution < -0.4 is 10.6 Å². The first-order valence-corrected chi connectivity index (χ1v) is 15.1. The van der Waals surface area contributed by atoms with Gasteiger partial charge in [-0.05, 0) is 50.9 Å². The average molecular weight is 542 g/mol. The Hall–Kier alpha value is -2.45. The zero-order valence-corrected chi connectivity index (χ0v) is 22.6. The van der Waals surface area contributed by atoms with E-state index in [1.807, 2.05) is 26.1 Å². The van der Waals surface area contributed by atoms with Crippen LogP contribution in [0.2, 0.25) is 0 Å². The molecule has 1 amide bonds. The molecule has 13 heteroatoms. The van der Waals surface area contributed by atoms with Gasteiger partial charge in [0.2, 0.25) is 5.03 Å². The summed E-state index contributed by atoms with van der Waals surface area (Å²) < 4.78 is 55.7. The van der Waals surface area contributed by atoms with Crippen LogP contribution in [0, 0.1) is 0 Å². The molecule has 0 aliphatic heterocycles. The molecule has 0 aliphatic carbocycles. The van der Waals surface area contributed by atoms with Crippen LogP contribution in [-0.4, -0.2) is 63.6 Å². The number of benzene rings is 1. The van der Waals surface area contributed by atoms with Gasteiger partial charge in [-0.15, -0.1) is 0 Å². The second-order valence-electron chi connectivity index (χ2n) is 8.25. The van der Waals surface area contributed by atoms with Crippen LogP contribution in [-0.2, 0) is 30.8 Å². The lowest BCUT2D eigenvalue weighted by atomic mass is 10.0. The van der Waals surface area contributed by atoms with E-state index >= 15 is 0 Å². The van der Waals surface area contributed by atoms with Gasteiger partial charge >= 0.3 is 0 Å². The molecule has 0 saturated heterocycles. The van der Waals surface area contributed by atoms with Crippen molar-refractivity contribution in [1.82, 2.24) is 19.8 Å². The summed E-state index contributed by atoms with van der Waals surface area (Å²) in [4.78, 5) is 21.0. The van der Waals surface area contributed by atoms with E-state index in [4.69, 9.17) is 4.28 Å². The lowest BCUT2D eigenvalue weighted by Crippen LogP contribution is -2.35. The van der Waals surface area contributed by atoms with Crippen molar-refractivity contribution in [2.45, 2.75) is 56.9 Å². The molecule has 2 aromatic rings. The maximum absolute atomic E-state index is 13.4. The SMILES string of the molecule is CCCCc1ccccc1C(=O)Nc1nccnc1S(=O)(=O)N(CCCCCCNC)OS(C)(=O)=O. The Labute approximate surface area is 213 Å². The molecule has 0 aliphatic rings. The van der Waals surface area contributed by atoms with Crippen LogP contribution in [0.15, 0.2) is 41.7 Å². The minimum absolute atomic E-state index is 0.210. The summed E-state index contributed by atoms with van der Waals surface area (Å²) in [6.07, 6.45) is 8.44. The summed E-state index contributed by atoms with van der Waals surface area (Å²) in [6.45, 7) is 2.66. The topological polar surface area (TPSA) is 148 Å². The third-order valence-corrected chi connectivity index (χ3v) is 7.33. The number of hydrogen-bond acceptors (Lipinski definition) is 9. The van der Waals surface area contributed by atoms with Crippen molar-refractivity contribution < 1.29 is 25.9 Å². The third-order valence-electron chi connectivity index (χ3n) is 5.21. The van der Waals surface area contributed by atoms with E-state index in [1.54, 1.807) is 12.1 Å². The van der Waals surface area contributed by atoms with Crippen LogP contribution in [0.25, 0.3) is 0 Å². The van der Waals surface area contributed by atoms with Crippen LogP contribution in [0.1, 0.15) is 61.4 Å². The normalized spacial score (nSPS) is 12.1. The molecule has 0 unspecified atom stereocenters. The lowest BCUT2D eigenvalue weighted by molar-refractivity contribution is 0.0436. The molecule has 0 atom stereocenters. The van der Waals surface area contributed by atoms with Crippen molar-refractivity contribution in [2.75, 3.05) is 31.7 Å². The monoisotopic (exact) mass is 541 g/mol. The van der Waals surface area contributed by atoms with Crippen molar-refractivity contribution in [3.63, 3.8) is 0 Å². The number of hydroxylamine groups is 1. The predicted octanol–water partition coefficient (Wildman–Crippen LogP) is 2.73. The number of aromatic nitrogens is 2. The van der Waals surface area contributed by atoms with E-state index < -0.39 is 31.1 Å². The number of anilines is 1. The number of aryl methyl sites for hydroxylation is 1. The van der Waals surface area contributed by atoms with Gasteiger partial charge in [-0.3, -0.25) is 4.79 Å². The van der Waals surface area contributed by atoms with E-state index in [0.717, 1.165) is 50.2 Å². The van der Waals surface area contributed by atoms with Gasteiger partial charge in [0.1, 0.15) is 0 Å². The Morgan fingerprint density at radius 1 is 1.00 bits per heavy atom. The second kappa shape index (κ2) is 14.3. The average Bonchev–Trinajstić information content (AvgIpc) is 2.83. The Morgan fingerprint density at radius 2 is 1.69 bits per heavy atom. The van der Waals surface area contributed by atoms with Gasteiger partial charge < -0.3 is 10.6 Å². The van der Waals surface area contributed by atoms with Crippen molar-refractivity contribution in [2.24, 2.45) is 0 Å². The number of nitrogens with one attached hydrogen (secondary N) is 2. The Kier molecular flexibility index (Phi) is 11.9. The molecule has 2 rings (SSSR count). The summed E-state index contributed by atoms with van der Waals surface area (Å²) in [5, 5.41) is 4.95. The largest absolute Gasteiger partial charge is 0.320 e. The van der Waals surface area contributed by atoms with Crippen molar-refractivity contribution in [3.05, 3.63) is 47.8 Å². The number of sulfonamides is 1. The number of rotatable bonds is 16. The second-order valence-corrected chi connectivity index (χ2v) is 11.6. The van der Waals surface area contributed by atoms with Crippen molar-refractivity contribution >= 4 is 31.9 Å². The number of unbranched alkanes of at least 4 members (excludes halogenated alkanes) is 4. The molecule has 1 heterocycles. The third kappa shape index (κ3) is 9.21. The van der Waals surface area contributed by atoms with E-state index in [9.17, 15) is 21.6 Å². The fourth-order valence-corrected chi connectivity index (χ4v) is 5.58. The number of nitrogens with zero attached hydrogens (tertiary/aromatic N) is 3. The first-order valence-electron chi connectivity index (χ1n) is 11.9. The van der Waals surface area contributed by atoms with Gasteiger partial charge in [-0.1, -0.05) is 48.9 Å². The highest BCUT2D eigenvalue weighted by Crippen LogP contribution is 2.23. The lowest BCUT2D eigenvalue weighted by Gasteiger charge is -2.20. The first kappa shape index (κ1) is 29.8. The molecule has 2 N–H and O–H groups in total. The minimum Gasteiger partial charge on any atom is -0.320 e. The summed E-state index contributed by atoms with van der Waals surface area (Å²) in [7, 11) is -6.90. The highest BCUT2D eigenvalue weighted by molar-refractivity contribution is 7.90. The molecule has 0 fully saturated rings. The molecular formula is C23H35N5O6S2. The maximum atomic E-state index is 13.4. The molecular weight excluding hydrogens is 506 g/mol. The van der Waals surface area contributed by atoms with E-state index in [2.05, 4.69) is 20.6 Å². The van der Waals surface area contributed by atoms with Crippen LogP contribution in [0.5, 0.6) is 0 Å². The smallest absolute Gasteiger partial charge is 0.287 e. The molecule has 11 nitrogen and oxygen atoms in total. The van der Waals surface area contributed by atoms with Gasteiger partial charge in [-0.2, -0.15) is 12.7 Å². The zero-order valence-electron chi connectivity index (χ0n) is 20.9. The summed E-state index contributed by atoms with van der Waals surface area (Å²) >= 11 is 0. The fourth-order valence-electron chi connectivity index (χ4n) is 3.44. The quantitative estimate of drug-likeness (QED) is 0.242. The van der Waals surface area contributed by atoms with E-state index in [1.165, 1.54) is 6.20 Å². The van der Waals surface area contributed by atoms with Crippen molar-refractivity contribution in [3.8, 4) is 0 Å². The maximum Gasteiger partial charge on any atom is 0.287 e.